The first kappa shape index (κ1) is 39.6. The molecule has 4 heteroatoms. The molecular weight excluding hydrogens is 518 g/mol. The van der Waals surface area contributed by atoms with Crippen LogP contribution in [-0.4, -0.2) is 34.9 Å². The first-order valence-electron chi connectivity index (χ1n) is 16.8. The van der Waals surface area contributed by atoms with Crippen molar-refractivity contribution in [2.45, 2.75) is 142 Å². The molecule has 0 aromatic carbocycles. The largest absolute Gasteiger partial charge is 0.394 e. The average molecular weight is 582 g/mol. The molecule has 0 fully saturated rings. The third kappa shape index (κ3) is 29.1. The number of hydrogen-bond donors (Lipinski definition) is 3. The minimum Gasteiger partial charge on any atom is -0.394 e. The van der Waals surface area contributed by atoms with Crippen molar-refractivity contribution in [2.24, 2.45) is 0 Å². The smallest absolute Gasteiger partial charge is 0.220 e. The van der Waals surface area contributed by atoms with Gasteiger partial charge in [0.25, 0.3) is 0 Å². The molecule has 0 bridgehead atoms. The van der Waals surface area contributed by atoms with Gasteiger partial charge < -0.3 is 15.5 Å². The van der Waals surface area contributed by atoms with Crippen molar-refractivity contribution in [3.05, 3.63) is 85.1 Å². The molecule has 238 valence electrons. The summed E-state index contributed by atoms with van der Waals surface area (Å²) >= 11 is 0. The molecule has 2 atom stereocenters. The van der Waals surface area contributed by atoms with Gasteiger partial charge in [0.15, 0.2) is 0 Å². The molecule has 1 amide bonds. The third-order valence-electron chi connectivity index (χ3n) is 6.88. The molecule has 4 nitrogen and oxygen atoms in total. The molecule has 42 heavy (non-hydrogen) atoms. The van der Waals surface area contributed by atoms with Gasteiger partial charge in [0.05, 0.1) is 18.8 Å². The summed E-state index contributed by atoms with van der Waals surface area (Å²) in [5, 5.41) is 22.5. The molecule has 0 heterocycles. The number of aliphatic hydroxyl groups is 2. The van der Waals surface area contributed by atoms with E-state index < -0.39 is 12.1 Å². The summed E-state index contributed by atoms with van der Waals surface area (Å²) in [7, 11) is 0. The second-order valence-electron chi connectivity index (χ2n) is 10.8. The molecule has 0 aliphatic carbocycles. The monoisotopic (exact) mass is 581 g/mol. The number of hydrogen-bond acceptors (Lipinski definition) is 3. The maximum Gasteiger partial charge on any atom is 0.220 e. The standard InChI is InChI=1S/C38H63NO3/c1-3-5-7-9-10-11-12-13-14-15-16-17-18-19-20-21-22-23-24-25-26-27-28-30-32-34-38(42)39-36(35-40)37(41)33-31-29-8-6-4-2/h5,7,10-11,13-14,16-17,19-20,22-23,31,33,36-37,40-41H,3-4,6,8-9,12,15,18,21,24-30,32,34-35H2,1-2H3,(H,39,42)/b7-5-,11-10-,14-13-,17-16-,20-19-,23-22-,33-31+. The van der Waals surface area contributed by atoms with Gasteiger partial charge in [-0.1, -0.05) is 137 Å². The Kier molecular flexibility index (Phi) is 31.2. The van der Waals surface area contributed by atoms with Crippen molar-refractivity contribution in [3.8, 4) is 0 Å². The maximum absolute atomic E-state index is 12.2. The number of rotatable bonds is 28. The number of allylic oxidation sites excluding steroid dienone is 13. The zero-order valence-electron chi connectivity index (χ0n) is 27.0. The Balaban J connectivity index is 3.65. The van der Waals surface area contributed by atoms with E-state index >= 15 is 0 Å². The molecule has 0 saturated heterocycles. The summed E-state index contributed by atoms with van der Waals surface area (Å²) in [6.45, 7) is 4.06. The van der Waals surface area contributed by atoms with E-state index in [-0.39, 0.29) is 12.5 Å². The third-order valence-corrected chi connectivity index (χ3v) is 6.88. The number of aliphatic hydroxyl groups excluding tert-OH is 2. The Labute approximate surface area is 259 Å². The first-order chi connectivity index (χ1) is 20.7. The number of carbonyl (C=O) groups excluding carboxylic acids is 1. The Morgan fingerprint density at radius 1 is 0.595 bits per heavy atom. The highest BCUT2D eigenvalue weighted by molar-refractivity contribution is 5.76. The van der Waals surface area contributed by atoms with Crippen LogP contribution in [0.15, 0.2) is 85.1 Å². The van der Waals surface area contributed by atoms with Gasteiger partial charge in [-0.2, -0.15) is 0 Å². The summed E-state index contributed by atoms with van der Waals surface area (Å²) in [4.78, 5) is 12.2. The van der Waals surface area contributed by atoms with Gasteiger partial charge in [0, 0.05) is 6.42 Å². The lowest BCUT2D eigenvalue weighted by molar-refractivity contribution is -0.123. The first-order valence-corrected chi connectivity index (χ1v) is 16.8. The number of amides is 1. The van der Waals surface area contributed by atoms with Crippen LogP contribution in [0.2, 0.25) is 0 Å². The van der Waals surface area contributed by atoms with Gasteiger partial charge in [-0.05, 0) is 70.6 Å². The van der Waals surface area contributed by atoms with Crippen LogP contribution in [0.1, 0.15) is 129 Å². The van der Waals surface area contributed by atoms with Gasteiger partial charge >= 0.3 is 0 Å². The molecule has 0 rings (SSSR count). The van der Waals surface area contributed by atoms with Crippen LogP contribution in [0.4, 0.5) is 0 Å². The second kappa shape index (κ2) is 33.1. The van der Waals surface area contributed by atoms with Crippen LogP contribution in [-0.2, 0) is 4.79 Å². The molecule has 3 N–H and O–H groups in total. The zero-order chi connectivity index (χ0) is 30.8. The number of unbranched alkanes of at least 4 members (excludes halogenated alkanes) is 9. The molecule has 0 aromatic rings. The molecule has 0 aliphatic rings. The van der Waals surface area contributed by atoms with Crippen LogP contribution in [0.5, 0.6) is 0 Å². The summed E-state index contributed by atoms with van der Waals surface area (Å²) in [6, 6.07) is -0.631. The predicted octanol–water partition coefficient (Wildman–Crippen LogP) is 9.78. The van der Waals surface area contributed by atoms with Crippen LogP contribution < -0.4 is 5.32 Å². The van der Waals surface area contributed by atoms with E-state index in [4.69, 9.17) is 0 Å². The zero-order valence-corrected chi connectivity index (χ0v) is 27.0. The Morgan fingerprint density at radius 3 is 1.57 bits per heavy atom. The van der Waals surface area contributed by atoms with E-state index in [2.05, 4.69) is 92.1 Å². The quantitative estimate of drug-likeness (QED) is 0.0636. The summed E-state index contributed by atoms with van der Waals surface area (Å²) in [5.74, 6) is -0.0925. The van der Waals surface area contributed by atoms with Crippen molar-refractivity contribution in [1.82, 2.24) is 5.32 Å². The normalized spacial score (nSPS) is 14.3. The van der Waals surface area contributed by atoms with Crippen LogP contribution in [0, 0.1) is 0 Å². The van der Waals surface area contributed by atoms with E-state index in [9.17, 15) is 15.0 Å². The highest BCUT2D eigenvalue weighted by Crippen LogP contribution is 2.10. The maximum atomic E-state index is 12.2. The fraction of sp³-hybridized carbons (Fsp3) is 0.605. The topological polar surface area (TPSA) is 69.6 Å². The molecule has 0 aliphatic heterocycles. The molecule has 0 saturated carbocycles. The average Bonchev–Trinajstić information content (AvgIpc) is 2.99. The van der Waals surface area contributed by atoms with Crippen molar-refractivity contribution >= 4 is 5.91 Å². The van der Waals surface area contributed by atoms with E-state index in [0.29, 0.717) is 6.42 Å². The SMILES string of the molecule is CC/C=C\C/C=C\C/C=C\C/C=C\C/C=C\C/C=C\CCCCCCCCC(=O)NC(CO)C(O)/C=C/CCCCC. The van der Waals surface area contributed by atoms with Crippen molar-refractivity contribution in [2.75, 3.05) is 6.61 Å². The summed E-state index contributed by atoms with van der Waals surface area (Å²) in [5.41, 5.74) is 0. The Bertz CT molecular complexity index is 803. The second-order valence-corrected chi connectivity index (χ2v) is 10.8. The lowest BCUT2D eigenvalue weighted by Crippen LogP contribution is -2.45. The predicted molar refractivity (Wildman–Crippen MR) is 183 cm³/mol. The van der Waals surface area contributed by atoms with Crippen molar-refractivity contribution in [3.63, 3.8) is 0 Å². The van der Waals surface area contributed by atoms with Crippen LogP contribution >= 0.6 is 0 Å². The molecule has 2 unspecified atom stereocenters. The van der Waals surface area contributed by atoms with E-state index in [1.54, 1.807) is 6.08 Å². The van der Waals surface area contributed by atoms with Gasteiger partial charge in [0.2, 0.25) is 5.91 Å². The lowest BCUT2D eigenvalue weighted by Gasteiger charge is -2.20. The highest BCUT2D eigenvalue weighted by atomic mass is 16.3. The van der Waals surface area contributed by atoms with E-state index in [1.165, 1.54) is 25.7 Å². The fourth-order valence-corrected chi connectivity index (χ4v) is 4.29. The van der Waals surface area contributed by atoms with Crippen LogP contribution in [0.25, 0.3) is 0 Å². The highest BCUT2D eigenvalue weighted by Gasteiger charge is 2.17. The van der Waals surface area contributed by atoms with Gasteiger partial charge in [-0.3, -0.25) is 4.79 Å². The fourth-order valence-electron chi connectivity index (χ4n) is 4.29. The molecule has 0 aromatic heterocycles. The lowest BCUT2D eigenvalue weighted by atomic mass is 10.1. The minimum atomic E-state index is -0.846. The van der Waals surface area contributed by atoms with Gasteiger partial charge in [0.1, 0.15) is 0 Å². The minimum absolute atomic E-state index is 0.0925. The Hall–Kier alpha value is -2.43. The number of carbonyl (C=O) groups is 1. The van der Waals surface area contributed by atoms with Crippen molar-refractivity contribution in [1.29, 1.82) is 0 Å². The number of nitrogens with one attached hydrogen (secondary N) is 1. The molecular formula is C38H63NO3. The van der Waals surface area contributed by atoms with E-state index in [1.807, 2.05) is 6.08 Å². The molecule has 0 spiro atoms. The van der Waals surface area contributed by atoms with Gasteiger partial charge in [-0.15, -0.1) is 0 Å². The van der Waals surface area contributed by atoms with E-state index in [0.717, 1.165) is 83.5 Å². The van der Waals surface area contributed by atoms with Crippen molar-refractivity contribution < 1.29 is 15.0 Å². The van der Waals surface area contributed by atoms with Gasteiger partial charge in [-0.25, -0.2) is 0 Å². The summed E-state index contributed by atoms with van der Waals surface area (Å²) < 4.78 is 0. The molecule has 0 radical (unpaired) electrons. The Morgan fingerprint density at radius 2 is 1.05 bits per heavy atom. The van der Waals surface area contributed by atoms with Crippen LogP contribution in [0.3, 0.4) is 0 Å². The summed E-state index contributed by atoms with van der Waals surface area (Å²) in [6.07, 6.45) is 48.3.